The Morgan fingerprint density at radius 2 is 2.00 bits per heavy atom. The average Bonchev–Trinajstić information content (AvgIpc) is 3.05. The van der Waals surface area contributed by atoms with Gasteiger partial charge in [-0.25, -0.2) is 4.98 Å². The highest BCUT2D eigenvalue weighted by atomic mass is 16.4. The molecule has 3 heterocycles. The Morgan fingerprint density at radius 1 is 1.06 bits per heavy atom. The first kappa shape index (κ1) is 9.35. The molecule has 0 fully saturated rings. The van der Waals surface area contributed by atoms with Crippen LogP contribution in [0, 0.1) is 0 Å². The zero-order valence-electron chi connectivity index (χ0n) is 9.29. The van der Waals surface area contributed by atoms with Gasteiger partial charge in [-0.1, -0.05) is 18.2 Å². The first-order valence-corrected chi connectivity index (χ1v) is 5.55. The van der Waals surface area contributed by atoms with Crippen molar-refractivity contribution < 1.29 is 4.42 Å². The van der Waals surface area contributed by atoms with E-state index in [1.54, 1.807) is 6.20 Å². The number of nitrogens with one attached hydrogen (secondary N) is 1. The van der Waals surface area contributed by atoms with E-state index in [0.29, 0.717) is 11.6 Å². The first-order chi connectivity index (χ1) is 8.92. The van der Waals surface area contributed by atoms with Crippen molar-refractivity contribution in [2.24, 2.45) is 0 Å². The summed E-state index contributed by atoms with van der Waals surface area (Å²) in [7, 11) is 0. The predicted molar refractivity (Wildman–Crippen MR) is 66.9 cm³/mol. The number of hydrogen-bond donors (Lipinski definition) is 1. The van der Waals surface area contributed by atoms with Crippen LogP contribution in [-0.4, -0.2) is 20.2 Å². The van der Waals surface area contributed by atoms with Crippen LogP contribution in [0.1, 0.15) is 0 Å². The zero-order chi connectivity index (χ0) is 11.9. The van der Waals surface area contributed by atoms with E-state index in [9.17, 15) is 0 Å². The van der Waals surface area contributed by atoms with Crippen LogP contribution < -0.4 is 0 Å². The van der Waals surface area contributed by atoms with Crippen molar-refractivity contribution in [3.05, 3.63) is 42.9 Å². The van der Waals surface area contributed by atoms with Crippen molar-refractivity contribution in [2.45, 2.75) is 0 Å². The molecule has 0 aliphatic rings. The van der Waals surface area contributed by atoms with Crippen molar-refractivity contribution in [2.75, 3.05) is 0 Å². The van der Waals surface area contributed by atoms with Crippen molar-refractivity contribution >= 4 is 21.8 Å². The molecule has 86 valence electrons. The Balaban J connectivity index is 2.07. The predicted octanol–water partition coefficient (Wildman–Crippen LogP) is 2.77. The Bertz CT molecular complexity index is 833. The summed E-state index contributed by atoms with van der Waals surface area (Å²) in [5.41, 5.74) is 2.78. The Hall–Kier alpha value is -2.69. The molecule has 0 saturated heterocycles. The van der Waals surface area contributed by atoms with Crippen LogP contribution >= 0.6 is 0 Å². The number of H-pyrrole nitrogens is 1. The van der Waals surface area contributed by atoms with Crippen molar-refractivity contribution in [1.82, 2.24) is 20.2 Å². The Morgan fingerprint density at radius 3 is 2.89 bits per heavy atom. The molecule has 1 N–H and O–H groups in total. The topological polar surface area (TPSA) is 67.6 Å². The van der Waals surface area contributed by atoms with E-state index < -0.39 is 0 Å². The van der Waals surface area contributed by atoms with Gasteiger partial charge in [0.25, 0.3) is 5.89 Å². The zero-order valence-corrected chi connectivity index (χ0v) is 9.29. The number of aromatic amines is 1. The van der Waals surface area contributed by atoms with E-state index in [0.717, 1.165) is 21.8 Å². The normalized spacial score (nSPS) is 11.3. The number of fused-ring (bicyclic) bond motifs is 3. The fourth-order valence-electron chi connectivity index (χ4n) is 2.15. The van der Waals surface area contributed by atoms with E-state index in [2.05, 4.69) is 26.2 Å². The largest absolute Gasteiger partial charge is 0.422 e. The quantitative estimate of drug-likeness (QED) is 0.551. The molecule has 18 heavy (non-hydrogen) atoms. The Kier molecular flexibility index (Phi) is 1.77. The van der Waals surface area contributed by atoms with Crippen LogP contribution in [-0.2, 0) is 0 Å². The number of para-hydroxylation sites is 1. The minimum Gasteiger partial charge on any atom is -0.422 e. The summed E-state index contributed by atoms with van der Waals surface area (Å²) in [6.07, 6.45) is 3.09. The fraction of sp³-hybridized carbons (Fsp3) is 0. The molecule has 0 aliphatic carbocycles. The van der Waals surface area contributed by atoms with E-state index in [1.807, 2.05) is 24.3 Å². The lowest BCUT2D eigenvalue weighted by Crippen LogP contribution is -1.83. The second-order valence-electron chi connectivity index (χ2n) is 4.03. The van der Waals surface area contributed by atoms with Crippen molar-refractivity contribution in [3.63, 3.8) is 0 Å². The summed E-state index contributed by atoms with van der Waals surface area (Å²) in [4.78, 5) is 7.64. The van der Waals surface area contributed by atoms with Gasteiger partial charge in [0.05, 0.1) is 11.7 Å². The molecular weight excluding hydrogens is 228 g/mol. The summed E-state index contributed by atoms with van der Waals surface area (Å²) in [5, 5.41) is 9.80. The second kappa shape index (κ2) is 3.40. The maximum absolute atomic E-state index is 5.16. The molecule has 5 heteroatoms. The lowest BCUT2D eigenvalue weighted by molar-refractivity contribution is 0.566. The van der Waals surface area contributed by atoms with Gasteiger partial charge in [0.2, 0.25) is 6.39 Å². The van der Waals surface area contributed by atoms with Crippen LogP contribution in [0.5, 0.6) is 0 Å². The summed E-state index contributed by atoms with van der Waals surface area (Å²) < 4.78 is 5.16. The van der Waals surface area contributed by atoms with Gasteiger partial charge in [-0.3, -0.25) is 0 Å². The highest BCUT2D eigenvalue weighted by Crippen LogP contribution is 2.27. The summed E-state index contributed by atoms with van der Waals surface area (Å²) in [5.74, 6) is 0.433. The molecule has 3 aromatic heterocycles. The minimum atomic E-state index is 0.433. The van der Waals surface area contributed by atoms with Gasteiger partial charge < -0.3 is 9.40 Å². The average molecular weight is 236 g/mol. The standard InChI is InChI=1S/C13H8N4O/c1-2-4-10-8(3-1)9-5-11(13-17-15-7-18-13)14-6-12(9)16-10/h1-7,16H. The number of benzene rings is 1. The molecule has 0 spiro atoms. The number of rotatable bonds is 1. The van der Waals surface area contributed by atoms with Gasteiger partial charge in [0.15, 0.2) is 0 Å². The molecular formula is C13H8N4O. The second-order valence-corrected chi connectivity index (χ2v) is 4.03. The number of nitrogens with zero attached hydrogens (tertiary/aromatic N) is 3. The van der Waals surface area contributed by atoms with Crippen LogP contribution in [0.4, 0.5) is 0 Å². The van der Waals surface area contributed by atoms with Crippen LogP contribution in [0.3, 0.4) is 0 Å². The number of hydrogen-bond acceptors (Lipinski definition) is 4. The minimum absolute atomic E-state index is 0.433. The molecule has 0 radical (unpaired) electrons. The lowest BCUT2D eigenvalue weighted by Gasteiger charge is -1.94. The van der Waals surface area contributed by atoms with Gasteiger partial charge in [0.1, 0.15) is 5.69 Å². The van der Waals surface area contributed by atoms with E-state index in [4.69, 9.17) is 4.42 Å². The molecule has 0 atom stereocenters. The maximum Gasteiger partial charge on any atom is 0.266 e. The lowest BCUT2D eigenvalue weighted by atomic mass is 10.1. The molecule has 0 aliphatic heterocycles. The van der Waals surface area contributed by atoms with E-state index in [1.165, 1.54) is 6.39 Å². The molecule has 5 nitrogen and oxygen atoms in total. The van der Waals surface area contributed by atoms with Gasteiger partial charge in [-0.2, -0.15) is 0 Å². The smallest absolute Gasteiger partial charge is 0.266 e. The third-order valence-corrected chi connectivity index (χ3v) is 2.97. The first-order valence-electron chi connectivity index (χ1n) is 5.55. The molecule has 0 amide bonds. The number of aromatic nitrogens is 4. The molecule has 0 bridgehead atoms. The van der Waals surface area contributed by atoms with Gasteiger partial charge in [-0.05, 0) is 12.1 Å². The summed E-state index contributed by atoms with van der Waals surface area (Å²) >= 11 is 0. The Labute approximate surface area is 101 Å². The summed E-state index contributed by atoms with van der Waals surface area (Å²) in [6, 6.07) is 10.1. The molecule has 1 aromatic carbocycles. The number of pyridine rings is 1. The molecule has 0 unspecified atom stereocenters. The van der Waals surface area contributed by atoms with Crippen LogP contribution in [0.15, 0.2) is 47.3 Å². The third kappa shape index (κ3) is 1.24. The van der Waals surface area contributed by atoms with Crippen LogP contribution in [0.25, 0.3) is 33.4 Å². The van der Waals surface area contributed by atoms with E-state index in [-0.39, 0.29) is 0 Å². The maximum atomic E-state index is 5.16. The van der Waals surface area contributed by atoms with E-state index >= 15 is 0 Å². The van der Waals surface area contributed by atoms with Crippen molar-refractivity contribution in [3.8, 4) is 11.6 Å². The van der Waals surface area contributed by atoms with Crippen LogP contribution in [0.2, 0.25) is 0 Å². The molecule has 4 rings (SSSR count). The van der Waals surface area contributed by atoms with Gasteiger partial charge >= 0.3 is 0 Å². The van der Waals surface area contributed by atoms with Gasteiger partial charge in [0, 0.05) is 16.3 Å². The highest BCUT2D eigenvalue weighted by molar-refractivity contribution is 6.07. The summed E-state index contributed by atoms with van der Waals surface area (Å²) in [6.45, 7) is 0. The third-order valence-electron chi connectivity index (χ3n) is 2.97. The highest BCUT2D eigenvalue weighted by Gasteiger charge is 2.09. The monoisotopic (exact) mass is 236 g/mol. The SMILES string of the molecule is c1ccc2c(c1)[nH]c1cnc(-c3nnco3)cc12. The van der Waals surface area contributed by atoms with Gasteiger partial charge in [-0.15, -0.1) is 10.2 Å². The fourth-order valence-corrected chi connectivity index (χ4v) is 2.15. The van der Waals surface area contributed by atoms with Crippen molar-refractivity contribution in [1.29, 1.82) is 0 Å². The molecule has 0 saturated carbocycles. The molecule has 4 aromatic rings.